The van der Waals surface area contributed by atoms with E-state index >= 15 is 0 Å². The fraction of sp³-hybridized carbons (Fsp3) is 0.316. The zero-order valence-electron chi connectivity index (χ0n) is 13.5. The molecule has 3 N–H and O–H groups in total. The van der Waals surface area contributed by atoms with Crippen molar-refractivity contribution in [3.8, 4) is 0 Å². The highest BCUT2D eigenvalue weighted by atomic mass is 16.7. The lowest BCUT2D eigenvalue weighted by Gasteiger charge is -2.27. The van der Waals surface area contributed by atoms with Gasteiger partial charge in [-0.25, -0.2) is 0 Å². The van der Waals surface area contributed by atoms with Crippen LogP contribution in [0.4, 0.5) is 5.69 Å². The molecule has 1 aliphatic rings. The number of hydrogen-bond donors (Lipinski definition) is 2. The number of carbonyl (C=O) groups is 1. The average Bonchev–Trinajstić information content (AvgIpc) is 2.59. The largest absolute Gasteiger partial charge is 0.399 e. The lowest BCUT2D eigenvalue weighted by atomic mass is 10.1. The van der Waals surface area contributed by atoms with Crippen LogP contribution < -0.4 is 11.1 Å². The van der Waals surface area contributed by atoms with Gasteiger partial charge in [0.2, 0.25) is 0 Å². The average molecular weight is 326 g/mol. The number of benzene rings is 2. The summed E-state index contributed by atoms with van der Waals surface area (Å²) in [5.74, 6) is -0.0743. The summed E-state index contributed by atoms with van der Waals surface area (Å²) in [5.41, 5.74) is 8.01. The molecule has 5 heteroatoms. The van der Waals surface area contributed by atoms with Gasteiger partial charge in [-0.05, 0) is 37.1 Å². The first kappa shape index (κ1) is 16.5. The number of nitrogen functional groups attached to an aromatic ring is 1. The zero-order valence-corrected chi connectivity index (χ0v) is 13.5. The molecule has 3 rings (SSSR count). The van der Waals surface area contributed by atoms with Gasteiger partial charge in [0.15, 0.2) is 6.29 Å². The van der Waals surface area contributed by atoms with Crippen LogP contribution >= 0.6 is 0 Å². The van der Waals surface area contributed by atoms with Gasteiger partial charge >= 0.3 is 0 Å². The van der Waals surface area contributed by atoms with Crippen LogP contribution in [0.3, 0.4) is 0 Å². The number of nitrogens with two attached hydrogens (primary N) is 1. The highest BCUT2D eigenvalue weighted by molar-refractivity contribution is 5.94. The third kappa shape index (κ3) is 4.34. The van der Waals surface area contributed by atoms with Gasteiger partial charge in [0, 0.05) is 16.8 Å². The minimum atomic E-state index is -0.429. The minimum Gasteiger partial charge on any atom is -0.399 e. The SMILES string of the molecule is Nc1ccc([C@@H]2OCCC[C@H](NC(=O)c3ccccc3)CO2)cc1. The summed E-state index contributed by atoms with van der Waals surface area (Å²) >= 11 is 0. The highest BCUT2D eigenvalue weighted by Gasteiger charge is 2.21. The molecule has 2 aromatic carbocycles. The number of carbonyl (C=O) groups excluding carboxylic acids is 1. The Hall–Kier alpha value is -2.37. The molecule has 1 amide bonds. The second-order valence-corrected chi connectivity index (χ2v) is 5.88. The molecule has 2 aromatic rings. The fourth-order valence-corrected chi connectivity index (χ4v) is 2.67. The quantitative estimate of drug-likeness (QED) is 0.851. The highest BCUT2D eigenvalue weighted by Crippen LogP contribution is 2.23. The van der Waals surface area contributed by atoms with Crippen molar-refractivity contribution in [2.24, 2.45) is 0 Å². The topological polar surface area (TPSA) is 73.6 Å². The van der Waals surface area contributed by atoms with E-state index in [9.17, 15) is 4.79 Å². The van der Waals surface area contributed by atoms with Crippen LogP contribution in [-0.4, -0.2) is 25.2 Å². The molecule has 0 radical (unpaired) electrons. The van der Waals surface area contributed by atoms with Gasteiger partial charge in [0.1, 0.15) is 0 Å². The number of hydrogen-bond acceptors (Lipinski definition) is 4. The van der Waals surface area contributed by atoms with Crippen molar-refractivity contribution in [3.63, 3.8) is 0 Å². The fourth-order valence-electron chi connectivity index (χ4n) is 2.67. The third-order valence-corrected chi connectivity index (χ3v) is 3.99. The molecule has 24 heavy (non-hydrogen) atoms. The second kappa shape index (κ2) is 7.95. The Balaban J connectivity index is 1.60. The van der Waals surface area contributed by atoms with E-state index in [1.54, 1.807) is 12.1 Å². The summed E-state index contributed by atoms with van der Waals surface area (Å²) in [4.78, 5) is 12.3. The van der Waals surface area contributed by atoms with E-state index in [2.05, 4.69) is 5.32 Å². The molecule has 126 valence electrons. The van der Waals surface area contributed by atoms with Crippen molar-refractivity contribution in [2.45, 2.75) is 25.2 Å². The molecule has 0 bridgehead atoms. The van der Waals surface area contributed by atoms with Crippen LogP contribution in [0.2, 0.25) is 0 Å². The normalized spacial score (nSPS) is 21.5. The van der Waals surface area contributed by atoms with Crippen molar-refractivity contribution < 1.29 is 14.3 Å². The van der Waals surface area contributed by atoms with E-state index in [-0.39, 0.29) is 11.9 Å². The number of nitrogens with one attached hydrogen (secondary N) is 1. The maximum Gasteiger partial charge on any atom is 0.251 e. The third-order valence-electron chi connectivity index (χ3n) is 3.99. The van der Waals surface area contributed by atoms with Crippen LogP contribution in [0, 0.1) is 0 Å². The summed E-state index contributed by atoms with van der Waals surface area (Å²) in [6, 6.07) is 16.6. The standard InChI is InChI=1S/C19H22N2O3/c20-16-10-8-15(9-11-16)19-23-12-4-7-17(13-24-19)21-18(22)14-5-2-1-3-6-14/h1-3,5-6,8-11,17,19H,4,7,12-13,20H2,(H,21,22)/t17-,19+/m0/s1. The summed E-state index contributed by atoms with van der Waals surface area (Å²) in [6.45, 7) is 1.00. The Bertz CT molecular complexity index is 658. The maximum absolute atomic E-state index is 12.3. The van der Waals surface area contributed by atoms with Crippen molar-refractivity contribution in [3.05, 3.63) is 65.7 Å². The molecule has 0 unspecified atom stereocenters. The van der Waals surface area contributed by atoms with Crippen LogP contribution in [0.5, 0.6) is 0 Å². The van der Waals surface area contributed by atoms with E-state index in [1.807, 2.05) is 42.5 Å². The van der Waals surface area contributed by atoms with Crippen molar-refractivity contribution in [1.29, 1.82) is 0 Å². The van der Waals surface area contributed by atoms with E-state index in [0.29, 0.717) is 24.5 Å². The first-order valence-corrected chi connectivity index (χ1v) is 8.17. The lowest BCUT2D eigenvalue weighted by Crippen LogP contribution is -2.39. The Morgan fingerprint density at radius 3 is 2.54 bits per heavy atom. The summed E-state index contributed by atoms with van der Waals surface area (Å²) in [7, 11) is 0. The van der Waals surface area contributed by atoms with E-state index in [4.69, 9.17) is 15.2 Å². The Morgan fingerprint density at radius 1 is 1.04 bits per heavy atom. The summed E-state index contributed by atoms with van der Waals surface area (Å²) in [5, 5.41) is 3.04. The molecule has 1 aliphatic heterocycles. The van der Waals surface area contributed by atoms with Gasteiger partial charge in [-0.2, -0.15) is 0 Å². The first-order valence-electron chi connectivity index (χ1n) is 8.17. The Morgan fingerprint density at radius 2 is 1.79 bits per heavy atom. The number of anilines is 1. The molecule has 1 heterocycles. The van der Waals surface area contributed by atoms with Crippen LogP contribution in [0.1, 0.15) is 35.1 Å². The molecule has 5 nitrogen and oxygen atoms in total. The maximum atomic E-state index is 12.3. The monoisotopic (exact) mass is 326 g/mol. The number of rotatable bonds is 3. The lowest BCUT2D eigenvalue weighted by molar-refractivity contribution is -0.160. The van der Waals surface area contributed by atoms with Crippen LogP contribution in [0.25, 0.3) is 0 Å². The Labute approximate surface area is 141 Å². The summed E-state index contributed by atoms with van der Waals surface area (Å²) < 4.78 is 11.7. The van der Waals surface area contributed by atoms with Crippen LogP contribution in [-0.2, 0) is 9.47 Å². The van der Waals surface area contributed by atoms with Gasteiger partial charge in [0.05, 0.1) is 19.3 Å². The molecule has 0 aliphatic carbocycles. The van der Waals surface area contributed by atoms with Crippen LogP contribution in [0.15, 0.2) is 54.6 Å². The van der Waals surface area contributed by atoms with E-state index in [0.717, 1.165) is 18.4 Å². The number of ether oxygens (including phenoxy) is 2. The molecule has 0 saturated carbocycles. The predicted molar refractivity (Wildman–Crippen MR) is 92.4 cm³/mol. The van der Waals surface area contributed by atoms with Gasteiger partial charge < -0.3 is 20.5 Å². The second-order valence-electron chi connectivity index (χ2n) is 5.88. The van der Waals surface area contributed by atoms with Crippen molar-refractivity contribution >= 4 is 11.6 Å². The predicted octanol–water partition coefficient (Wildman–Crippen LogP) is 2.89. The van der Waals surface area contributed by atoms with Gasteiger partial charge in [-0.15, -0.1) is 0 Å². The Kier molecular flexibility index (Phi) is 5.46. The van der Waals surface area contributed by atoms with Crippen molar-refractivity contribution in [2.75, 3.05) is 18.9 Å². The zero-order chi connectivity index (χ0) is 16.8. The first-order chi connectivity index (χ1) is 11.7. The molecule has 2 atom stereocenters. The molecule has 0 spiro atoms. The van der Waals surface area contributed by atoms with E-state index < -0.39 is 6.29 Å². The number of amides is 1. The van der Waals surface area contributed by atoms with Gasteiger partial charge in [-0.1, -0.05) is 30.3 Å². The van der Waals surface area contributed by atoms with Crippen molar-refractivity contribution in [1.82, 2.24) is 5.32 Å². The molecule has 1 saturated heterocycles. The molecule has 1 fully saturated rings. The molecular formula is C19H22N2O3. The summed E-state index contributed by atoms with van der Waals surface area (Å²) in [6.07, 6.45) is 1.27. The minimum absolute atomic E-state index is 0.0297. The van der Waals surface area contributed by atoms with Gasteiger partial charge in [-0.3, -0.25) is 4.79 Å². The van der Waals surface area contributed by atoms with Gasteiger partial charge in [0.25, 0.3) is 5.91 Å². The molecule has 0 aromatic heterocycles. The van der Waals surface area contributed by atoms with E-state index in [1.165, 1.54) is 0 Å². The molecular weight excluding hydrogens is 304 g/mol. The smallest absolute Gasteiger partial charge is 0.251 e.